The van der Waals surface area contributed by atoms with Crippen molar-refractivity contribution in [3.63, 3.8) is 0 Å². The third-order valence-electron chi connectivity index (χ3n) is 2.20. The van der Waals surface area contributed by atoms with Crippen molar-refractivity contribution in [2.24, 2.45) is 0 Å². The van der Waals surface area contributed by atoms with Gasteiger partial charge in [0.25, 0.3) is 0 Å². The fourth-order valence-corrected chi connectivity index (χ4v) is 1.49. The minimum atomic E-state index is -0.127. The van der Waals surface area contributed by atoms with Crippen LogP contribution in [-0.2, 0) is 14.3 Å². The van der Waals surface area contributed by atoms with Gasteiger partial charge in [0.1, 0.15) is 6.61 Å². The van der Waals surface area contributed by atoms with Gasteiger partial charge >= 0.3 is 5.97 Å². The van der Waals surface area contributed by atoms with Gasteiger partial charge in [0.15, 0.2) is 0 Å². The molecule has 0 N–H and O–H groups in total. The van der Waals surface area contributed by atoms with Crippen LogP contribution in [0.2, 0.25) is 0 Å². The third kappa shape index (κ3) is 4.42. The Morgan fingerprint density at radius 3 is 3.00 bits per heavy atom. The Kier molecular flexibility index (Phi) is 5.30. The lowest BCUT2D eigenvalue weighted by molar-refractivity contribution is -0.144. The summed E-state index contributed by atoms with van der Waals surface area (Å²) in [5.41, 5.74) is 1.23. The summed E-state index contributed by atoms with van der Waals surface area (Å²) in [4.78, 5) is 11.2. The van der Waals surface area contributed by atoms with Crippen molar-refractivity contribution in [3.05, 3.63) is 11.6 Å². The van der Waals surface area contributed by atoms with E-state index in [0.717, 1.165) is 12.8 Å². The molecule has 3 nitrogen and oxygen atoms in total. The largest absolute Gasteiger partial charge is 0.463 e. The number of ether oxygens (including phenoxy) is 2. The zero-order valence-corrected chi connectivity index (χ0v) is 8.75. The van der Waals surface area contributed by atoms with Gasteiger partial charge in [0.05, 0.1) is 13.0 Å². The number of rotatable bonds is 6. The molecule has 0 heterocycles. The van der Waals surface area contributed by atoms with Crippen LogP contribution in [-0.4, -0.2) is 25.8 Å². The summed E-state index contributed by atoms with van der Waals surface area (Å²) in [5, 5.41) is 0. The molecule has 0 spiro atoms. The highest BCUT2D eigenvalue weighted by atomic mass is 16.6. The normalized spacial score (nSPS) is 15.4. The number of carbonyl (C=O) groups excluding carboxylic acids is 1. The van der Waals surface area contributed by atoms with Crippen LogP contribution < -0.4 is 0 Å². The molecule has 0 atom stereocenters. The number of carbonyl (C=O) groups is 1. The first kappa shape index (κ1) is 11.2. The van der Waals surface area contributed by atoms with E-state index in [0.29, 0.717) is 26.2 Å². The van der Waals surface area contributed by atoms with Crippen molar-refractivity contribution in [2.45, 2.75) is 32.6 Å². The SMILES string of the molecule is CCOCCOC(=O)CC1=CCCC1. The lowest BCUT2D eigenvalue weighted by atomic mass is 10.2. The van der Waals surface area contributed by atoms with Crippen molar-refractivity contribution < 1.29 is 14.3 Å². The molecule has 80 valence electrons. The average molecular weight is 198 g/mol. The van der Waals surface area contributed by atoms with Crippen molar-refractivity contribution in [1.82, 2.24) is 0 Å². The molecule has 0 aromatic rings. The minimum Gasteiger partial charge on any atom is -0.463 e. The summed E-state index contributed by atoms with van der Waals surface area (Å²) in [5.74, 6) is -0.127. The Balaban J connectivity index is 2.04. The average Bonchev–Trinajstić information content (AvgIpc) is 2.65. The molecule has 0 saturated heterocycles. The van der Waals surface area contributed by atoms with Crippen molar-refractivity contribution >= 4 is 5.97 Å². The van der Waals surface area contributed by atoms with Gasteiger partial charge in [-0.05, 0) is 26.2 Å². The van der Waals surface area contributed by atoms with Crippen LogP contribution in [0.25, 0.3) is 0 Å². The fourth-order valence-electron chi connectivity index (χ4n) is 1.49. The first-order valence-corrected chi connectivity index (χ1v) is 5.24. The number of hydrogen-bond acceptors (Lipinski definition) is 3. The van der Waals surface area contributed by atoms with Gasteiger partial charge in [0, 0.05) is 6.61 Å². The predicted octanol–water partition coefficient (Wildman–Crippen LogP) is 2.07. The Bertz CT molecular complexity index is 209. The Hall–Kier alpha value is -0.830. The lowest BCUT2D eigenvalue weighted by Crippen LogP contribution is -2.10. The van der Waals surface area contributed by atoms with Crippen LogP contribution in [0.4, 0.5) is 0 Å². The maximum absolute atomic E-state index is 11.2. The molecule has 1 aliphatic rings. The van der Waals surface area contributed by atoms with Crippen LogP contribution >= 0.6 is 0 Å². The van der Waals surface area contributed by atoms with Crippen LogP contribution in [0.1, 0.15) is 32.6 Å². The van der Waals surface area contributed by atoms with E-state index >= 15 is 0 Å². The van der Waals surface area contributed by atoms with E-state index in [1.54, 1.807) is 0 Å². The summed E-state index contributed by atoms with van der Waals surface area (Å²) in [7, 11) is 0. The van der Waals surface area contributed by atoms with E-state index in [-0.39, 0.29) is 5.97 Å². The molecule has 0 unspecified atom stereocenters. The number of esters is 1. The van der Waals surface area contributed by atoms with Gasteiger partial charge in [-0.2, -0.15) is 0 Å². The number of allylic oxidation sites excluding steroid dienone is 1. The molecule has 1 aliphatic carbocycles. The van der Waals surface area contributed by atoms with Gasteiger partial charge in [-0.3, -0.25) is 4.79 Å². The van der Waals surface area contributed by atoms with E-state index in [1.807, 2.05) is 6.92 Å². The molecule has 3 heteroatoms. The van der Waals surface area contributed by atoms with Gasteiger partial charge in [0.2, 0.25) is 0 Å². The summed E-state index contributed by atoms with van der Waals surface area (Å²) < 4.78 is 10.1. The topological polar surface area (TPSA) is 35.5 Å². The zero-order chi connectivity index (χ0) is 10.2. The Morgan fingerprint density at radius 2 is 2.36 bits per heavy atom. The molecule has 0 aliphatic heterocycles. The van der Waals surface area contributed by atoms with E-state index in [1.165, 1.54) is 12.0 Å². The molecular weight excluding hydrogens is 180 g/mol. The first-order chi connectivity index (χ1) is 6.83. The van der Waals surface area contributed by atoms with Gasteiger partial charge in [-0.15, -0.1) is 0 Å². The third-order valence-corrected chi connectivity index (χ3v) is 2.20. The summed E-state index contributed by atoms with van der Waals surface area (Å²) >= 11 is 0. The van der Waals surface area contributed by atoms with E-state index < -0.39 is 0 Å². The monoisotopic (exact) mass is 198 g/mol. The van der Waals surface area contributed by atoms with Gasteiger partial charge in [-0.25, -0.2) is 0 Å². The van der Waals surface area contributed by atoms with Crippen LogP contribution in [0.5, 0.6) is 0 Å². The van der Waals surface area contributed by atoms with Crippen molar-refractivity contribution in [2.75, 3.05) is 19.8 Å². The summed E-state index contributed by atoms with van der Waals surface area (Å²) in [6.07, 6.45) is 5.96. The molecule has 0 aromatic heterocycles. The molecule has 0 bridgehead atoms. The zero-order valence-electron chi connectivity index (χ0n) is 8.75. The predicted molar refractivity (Wildman–Crippen MR) is 54.0 cm³/mol. The van der Waals surface area contributed by atoms with Gasteiger partial charge in [-0.1, -0.05) is 11.6 Å². The molecule has 0 saturated carbocycles. The second-order valence-electron chi connectivity index (χ2n) is 3.35. The van der Waals surface area contributed by atoms with Gasteiger partial charge < -0.3 is 9.47 Å². The van der Waals surface area contributed by atoms with E-state index in [2.05, 4.69) is 6.08 Å². The molecule has 0 aromatic carbocycles. The molecule has 0 radical (unpaired) electrons. The standard InChI is InChI=1S/C11H18O3/c1-2-13-7-8-14-11(12)9-10-5-3-4-6-10/h5H,2-4,6-9H2,1H3. The molecule has 0 amide bonds. The van der Waals surface area contributed by atoms with Crippen LogP contribution in [0.15, 0.2) is 11.6 Å². The quantitative estimate of drug-likeness (QED) is 0.372. The maximum atomic E-state index is 11.2. The summed E-state index contributed by atoms with van der Waals surface area (Å²) in [6, 6.07) is 0. The number of hydrogen-bond donors (Lipinski definition) is 0. The van der Waals surface area contributed by atoms with Crippen LogP contribution in [0, 0.1) is 0 Å². The maximum Gasteiger partial charge on any atom is 0.309 e. The fraction of sp³-hybridized carbons (Fsp3) is 0.727. The molecule has 0 fully saturated rings. The minimum absolute atomic E-state index is 0.127. The second kappa shape index (κ2) is 6.60. The smallest absolute Gasteiger partial charge is 0.309 e. The van der Waals surface area contributed by atoms with E-state index in [4.69, 9.17) is 9.47 Å². The lowest BCUT2D eigenvalue weighted by Gasteiger charge is -2.05. The van der Waals surface area contributed by atoms with Crippen molar-refractivity contribution in [3.8, 4) is 0 Å². The Morgan fingerprint density at radius 1 is 1.50 bits per heavy atom. The molecule has 14 heavy (non-hydrogen) atoms. The molecule has 1 rings (SSSR count). The van der Waals surface area contributed by atoms with Crippen molar-refractivity contribution in [1.29, 1.82) is 0 Å². The van der Waals surface area contributed by atoms with E-state index in [9.17, 15) is 4.79 Å². The molecular formula is C11H18O3. The highest BCUT2D eigenvalue weighted by Crippen LogP contribution is 2.20. The highest BCUT2D eigenvalue weighted by Gasteiger charge is 2.10. The first-order valence-electron chi connectivity index (χ1n) is 5.24. The Labute approximate surface area is 85.1 Å². The summed E-state index contributed by atoms with van der Waals surface area (Å²) in [6.45, 7) is 3.47. The second-order valence-corrected chi connectivity index (χ2v) is 3.35. The van der Waals surface area contributed by atoms with Crippen LogP contribution in [0.3, 0.4) is 0 Å². The highest BCUT2D eigenvalue weighted by molar-refractivity contribution is 5.72.